The third-order valence-electron chi connectivity index (χ3n) is 4.13. The highest BCUT2D eigenvalue weighted by Gasteiger charge is 2.24. The maximum atomic E-state index is 12.2. The van der Waals surface area contributed by atoms with Gasteiger partial charge in [0.05, 0.1) is 13.5 Å². The topological polar surface area (TPSA) is 58.6 Å². The molecule has 5 nitrogen and oxygen atoms in total. The molecule has 1 aromatic rings. The van der Waals surface area contributed by atoms with Crippen LogP contribution in [0.15, 0.2) is 30.3 Å². The van der Waals surface area contributed by atoms with Crippen LogP contribution in [0.25, 0.3) is 0 Å². The van der Waals surface area contributed by atoms with E-state index in [1.54, 1.807) is 0 Å². The molecule has 120 valence electrons. The second-order valence-corrected chi connectivity index (χ2v) is 5.65. The Bertz CT molecular complexity index is 482. The number of likely N-dealkylation sites (tertiary alicyclic amines) is 1. The van der Waals surface area contributed by atoms with Gasteiger partial charge in [-0.3, -0.25) is 9.59 Å². The van der Waals surface area contributed by atoms with E-state index < -0.39 is 0 Å². The van der Waals surface area contributed by atoms with Crippen LogP contribution in [0, 0.1) is 5.92 Å². The number of hydrogen-bond donors (Lipinski definition) is 1. The Balaban J connectivity index is 1.67. The van der Waals surface area contributed by atoms with Crippen molar-refractivity contribution >= 4 is 11.9 Å². The summed E-state index contributed by atoms with van der Waals surface area (Å²) in [5.41, 5.74) is 1.12. The Morgan fingerprint density at radius 1 is 1.23 bits per heavy atom. The highest BCUT2D eigenvalue weighted by Crippen LogP contribution is 2.17. The molecule has 0 aliphatic carbocycles. The number of carbonyl (C=O) groups excluding carboxylic acids is 2. The molecule has 0 spiro atoms. The fourth-order valence-corrected chi connectivity index (χ4v) is 2.70. The molecule has 1 saturated heterocycles. The van der Waals surface area contributed by atoms with Crippen LogP contribution in [0.1, 0.15) is 24.8 Å². The van der Waals surface area contributed by atoms with E-state index in [4.69, 9.17) is 0 Å². The number of rotatable bonds is 6. The van der Waals surface area contributed by atoms with Gasteiger partial charge in [-0.25, -0.2) is 0 Å². The average Bonchev–Trinajstić information content (AvgIpc) is 2.59. The summed E-state index contributed by atoms with van der Waals surface area (Å²) in [5, 5.41) is 3.01. The number of piperidine rings is 1. The van der Waals surface area contributed by atoms with Crippen molar-refractivity contribution < 1.29 is 14.3 Å². The summed E-state index contributed by atoms with van der Waals surface area (Å²) < 4.78 is 4.64. The molecule has 1 aliphatic rings. The summed E-state index contributed by atoms with van der Waals surface area (Å²) in [4.78, 5) is 25.5. The molecule has 2 rings (SSSR count). The van der Waals surface area contributed by atoms with Gasteiger partial charge in [0.15, 0.2) is 0 Å². The second kappa shape index (κ2) is 8.54. The van der Waals surface area contributed by atoms with Crippen molar-refractivity contribution in [2.24, 2.45) is 5.92 Å². The molecule has 1 aromatic carbocycles. The van der Waals surface area contributed by atoms with E-state index in [9.17, 15) is 9.59 Å². The van der Waals surface area contributed by atoms with Gasteiger partial charge in [0, 0.05) is 19.0 Å². The van der Waals surface area contributed by atoms with E-state index in [0.29, 0.717) is 19.5 Å². The number of esters is 1. The molecule has 1 fully saturated rings. The maximum Gasteiger partial charge on any atom is 0.306 e. The van der Waals surface area contributed by atoms with Crippen LogP contribution in [0.3, 0.4) is 0 Å². The average molecular weight is 304 g/mol. The monoisotopic (exact) mass is 304 g/mol. The third kappa shape index (κ3) is 5.15. The standard InChI is InChI=1S/C17H24N2O3/c1-22-16(20)9-12-19-10-7-15(8-11-19)17(21)18-13-14-5-3-2-4-6-14/h2-6,15H,7-13H2,1H3,(H,18,21). The fraction of sp³-hybridized carbons (Fsp3) is 0.529. The quantitative estimate of drug-likeness (QED) is 0.811. The lowest BCUT2D eigenvalue weighted by molar-refractivity contribution is -0.141. The molecule has 0 unspecified atom stereocenters. The minimum Gasteiger partial charge on any atom is -0.469 e. The Morgan fingerprint density at radius 2 is 1.91 bits per heavy atom. The van der Waals surface area contributed by atoms with E-state index in [2.05, 4.69) is 15.0 Å². The zero-order valence-corrected chi connectivity index (χ0v) is 13.1. The van der Waals surface area contributed by atoms with Crippen LogP contribution in [0.4, 0.5) is 0 Å². The maximum absolute atomic E-state index is 12.2. The molecular formula is C17H24N2O3. The SMILES string of the molecule is COC(=O)CCN1CCC(C(=O)NCc2ccccc2)CC1. The number of nitrogens with one attached hydrogen (secondary N) is 1. The van der Waals surface area contributed by atoms with Crippen LogP contribution >= 0.6 is 0 Å². The Morgan fingerprint density at radius 3 is 2.55 bits per heavy atom. The molecule has 1 N–H and O–H groups in total. The van der Waals surface area contributed by atoms with Crippen molar-refractivity contribution in [1.82, 2.24) is 10.2 Å². The second-order valence-electron chi connectivity index (χ2n) is 5.65. The smallest absolute Gasteiger partial charge is 0.306 e. The van der Waals surface area contributed by atoms with Crippen molar-refractivity contribution in [1.29, 1.82) is 0 Å². The van der Waals surface area contributed by atoms with Gasteiger partial charge < -0.3 is 15.0 Å². The Hall–Kier alpha value is -1.88. The highest BCUT2D eigenvalue weighted by atomic mass is 16.5. The molecule has 0 bridgehead atoms. The van der Waals surface area contributed by atoms with Gasteiger partial charge in [0.1, 0.15) is 0 Å². The lowest BCUT2D eigenvalue weighted by Gasteiger charge is -2.30. The summed E-state index contributed by atoms with van der Waals surface area (Å²) in [5.74, 6) is 0.0392. The van der Waals surface area contributed by atoms with Crippen molar-refractivity contribution in [3.63, 3.8) is 0 Å². The van der Waals surface area contributed by atoms with Crippen molar-refractivity contribution in [2.45, 2.75) is 25.8 Å². The van der Waals surface area contributed by atoms with E-state index in [-0.39, 0.29) is 17.8 Å². The number of amides is 1. The summed E-state index contributed by atoms with van der Waals surface area (Å²) in [7, 11) is 1.41. The number of benzene rings is 1. The highest BCUT2D eigenvalue weighted by molar-refractivity contribution is 5.78. The first-order valence-corrected chi connectivity index (χ1v) is 7.80. The number of nitrogens with zero attached hydrogens (tertiary/aromatic N) is 1. The van der Waals surface area contributed by atoms with Gasteiger partial charge in [-0.15, -0.1) is 0 Å². The normalized spacial score (nSPS) is 16.2. The molecule has 5 heteroatoms. The lowest BCUT2D eigenvalue weighted by Crippen LogP contribution is -2.41. The summed E-state index contributed by atoms with van der Waals surface area (Å²) in [6.07, 6.45) is 2.12. The molecule has 0 saturated carbocycles. The first-order chi connectivity index (χ1) is 10.7. The zero-order valence-electron chi connectivity index (χ0n) is 13.1. The van der Waals surface area contributed by atoms with Gasteiger partial charge in [-0.1, -0.05) is 30.3 Å². The summed E-state index contributed by atoms with van der Waals surface area (Å²) in [6, 6.07) is 9.93. The largest absolute Gasteiger partial charge is 0.469 e. The van der Waals surface area contributed by atoms with Crippen LogP contribution < -0.4 is 5.32 Å². The Kier molecular flexibility index (Phi) is 6.40. The van der Waals surface area contributed by atoms with E-state index in [1.165, 1.54) is 7.11 Å². The van der Waals surface area contributed by atoms with E-state index in [1.807, 2.05) is 30.3 Å². The summed E-state index contributed by atoms with van der Waals surface area (Å²) in [6.45, 7) is 3.02. The summed E-state index contributed by atoms with van der Waals surface area (Å²) >= 11 is 0. The van der Waals surface area contributed by atoms with Crippen LogP contribution in [0.5, 0.6) is 0 Å². The molecule has 1 aliphatic heterocycles. The van der Waals surface area contributed by atoms with E-state index in [0.717, 1.165) is 31.5 Å². The molecule has 0 radical (unpaired) electrons. The van der Waals surface area contributed by atoms with Gasteiger partial charge >= 0.3 is 5.97 Å². The number of ether oxygens (including phenoxy) is 1. The van der Waals surface area contributed by atoms with Crippen molar-refractivity contribution in [2.75, 3.05) is 26.7 Å². The third-order valence-corrected chi connectivity index (χ3v) is 4.13. The van der Waals surface area contributed by atoms with Gasteiger partial charge in [0.25, 0.3) is 0 Å². The molecule has 1 amide bonds. The van der Waals surface area contributed by atoms with Crippen molar-refractivity contribution in [3.8, 4) is 0 Å². The number of hydrogen-bond acceptors (Lipinski definition) is 4. The van der Waals surface area contributed by atoms with Crippen molar-refractivity contribution in [3.05, 3.63) is 35.9 Å². The zero-order chi connectivity index (χ0) is 15.8. The molecule has 0 aromatic heterocycles. The fourth-order valence-electron chi connectivity index (χ4n) is 2.70. The molecular weight excluding hydrogens is 280 g/mol. The number of methoxy groups -OCH3 is 1. The molecule has 0 atom stereocenters. The predicted octanol–water partition coefficient (Wildman–Crippen LogP) is 1.58. The van der Waals surface area contributed by atoms with Gasteiger partial charge in [-0.2, -0.15) is 0 Å². The van der Waals surface area contributed by atoms with Crippen LogP contribution in [-0.2, 0) is 20.9 Å². The van der Waals surface area contributed by atoms with Gasteiger partial charge in [0.2, 0.25) is 5.91 Å². The predicted molar refractivity (Wildman–Crippen MR) is 84.1 cm³/mol. The lowest BCUT2D eigenvalue weighted by atomic mass is 9.95. The first-order valence-electron chi connectivity index (χ1n) is 7.80. The first kappa shape index (κ1) is 16.5. The molecule has 1 heterocycles. The van der Waals surface area contributed by atoms with E-state index >= 15 is 0 Å². The Labute approximate surface area is 131 Å². The van der Waals surface area contributed by atoms with Crippen LogP contribution in [0.2, 0.25) is 0 Å². The van der Waals surface area contributed by atoms with Crippen LogP contribution in [-0.4, -0.2) is 43.5 Å². The minimum atomic E-state index is -0.178. The minimum absolute atomic E-state index is 0.0816. The van der Waals surface area contributed by atoms with Gasteiger partial charge in [-0.05, 0) is 31.5 Å². The number of carbonyl (C=O) groups is 2. The molecule has 22 heavy (non-hydrogen) atoms.